The maximum absolute atomic E-state index is 12.7. The third-order valence-corrected chi connectivity index (χ3v) is 6.41. The Bertz CT molecular complexity index is 1080. The first-order chi connectivity index (χ1) is 15.5. The van der Waals surface area contributed by atoms with Crippen LogP contribution in [0.15, 0.2) is 60.0 Å². The van der Waals surface area contributed by atoms with Gasteiger partial charge >= 0.3 is 0 Å². The number of hydrogen-bond acceptors (Lipinski definition) is 6. The number of ether oxygens (including phenoxy) is 1. The van der Waals surface area contributed by atoms with Crippen molar-refractivity contribution < 1.29 is 14.3 Å². The van der Waals surface area contributed by atoms with Gasteiger partial charge in [-0.25, -0.2) is 0 Å². The van der Waals surface area contributed by atoms with Gasteiger partial charge in [0.1, 0.15) is 0 Å². The van der Waals surface area contributed by atoms with Gasteiger partial charge in [0.2, 0.25) is 5.91 Å². The Balaban J connectivity index is 1.39. The summed E-state index contributed by atoms with van der Waals surface area (Å²) in [6.45, 7) is 4.65. The van der Waals surface area contributed by atoms with Crippen LogP contribution < -0.4 is 16.4 Å². The first-order valence-electron chi connectivity index (χ1n) is 10.5. The number of nitrogen functional groups attached to an aromatic ring is 1. The molecule has 1 unspecified atom stereocenters. The molecule has 2 amide bonds. The molecule has 8 heteroatoms. The lowest BCUT2D eigenvalue weighted by molar-refractivity contribution is -0.122. The van der Waals surface area contributed by atoms with Crippen molar-refractivity contribution >= 4 is 40.2 Å². The molecule has 2 heterocycles. The molecule has 7 nitrogen and oxygen atoms in total. The number of carbonyl (C=O) groups is 2. The molecule has 0 saturated carbocycles. The van der Waals surface area contributed by atoms with Crippen LogP contribution in [-0.2, 0) is 9.53 Å². The van der Waals surface area contributed by atoms with Crippen molar-refractivity contribution in [3.63, 3.8) is 0 Å². The summed E-state index contributed by atoms with van der Waals surface area (Å²) in [6.07, 6.45) is 0. The van der Waals surface area contributed by atoms with E-state index in [-0.39, 0.29) is 17.9 Å². The Labute approximate surface area is 191 Å². The van der Waals surface area contributed by atoms with Crippen molar-refractivity contribution in [2.45, 2.75) is 13.0 Å². The highest BCUT2D eigenvalue weighted by atomic mass is 32.1. The van der Waals surface area contributed by atoms with Gasteiger partial charge in [-0.1, -0.05) is 12.1 Å². The number of carbonyl (C=O) groups excluding carboxylic acids is 2. The number of rotatable bonds is 6. The lowest BCUT2D eigenvalue weighted by Gasteiger charge is -2.31. The van der Waals surface area contributed by atoms with Crippen LogP contribution in [0.2, 0.25) is 0 Å². The van der Waals surface area contributed by atoms with Crippen molar-refractivity contribution in [2.75, 3.05) is 42.7 Å². The van der Waals surface area contributed by atoms with E-state index in [4.69, 9.17) is 10.5 Å². The van der Waals surface area contributed by atoms with E-state index in [1.807, 2.05) is 36.6 Å². The third kappa shape index (κ3) is 5.16. The van der Waals surface area contributed by atoms with Crippen LogP contribution in [0.1, 0.15) is 17.3 Å². The third-order valence-electron chi connectivity index (χ3n) is 5.49. The van der Waals surface area contributed by atoms with Gasteiger partial charge in [-0.3, -0.25) is 14.5 Å². The molecule has 2 aromatic carbocycles. The molecular weight excluding hydrogens is 424 g/mol. The normalized spacial score (nSPS) is 15.2. The molecule has 0 spiro atoms. The highest BCUT2D eigenvalue weighted by Crippen LogP contribution is 2.30. The predicted octanol–water partition coefficient (Wildman–Crippen LogP) is 3.91. The summed E-state index contributed by atoms with van der Waals surface area (Å²) in [5.74, 6) is -0.346. The van der Waals surface area contributed by atoms with E-state index < -0.39 is 0 Å². The minimum Gasteiger partial charge on any atom is -0.397 e. The number of thiophene rings is 1. The summed E-state index contributed by atoms with van der Waals surface area (Å²) >= 11 is 1.63. The summed E-state index contributed by atoms with van der Waals surface area (Å²) in [5, 5.41) is 7.81. The van der Waals surface area contributed by atoms with Crippen LogP contribution in [0.3, 0.4) is 0 Å². The Morgan fingerprint density at radius 1 is 1.06 bits per heavy atom. The summed E-state index contributed by atoms with van der Waals surface area (Å²) in [6, 6.07) is 16.2. The van der Waals surface area contributed by atoms with Gasteiger partial charge in [0.25, 0.3) is 5.91 Å². The monoisotopic (exact) mass is 450 g/mol. The van der Waals surface area contributed by atoms with Gasteiger partial charge in [0, 0.05) is 29.2 Å². The van der Waals surface area contributed by atoms with E-state index in [1.165, 1.54) is 0 Å². The number of benzene rings is 2. The van der Waals surface area contributed by atoms with Crippen molar-refractivity contribution in [3.05, 3.63) is 65.5 Å². The Morgan fingerprint density at radius 3 is 2.50 bits per heavy atom. The number of hydrogen-bond donors (Lipinski definition) is 3. The van der Waals surface area contributed by atoms with Gasteiger partial charge in [0.05, 0.1) is 30.6 Å². The van der Waals surface area contributed by atoms with Crippen LogP contribution in [0.5, 0.6) is 0 Å². The number of nitrogens with zero attached hydrogens (tertiary/aromatic N) is 1. The zero-order valence-corrected chi connectivity index (χ0v) is 18.7. The molecule has 1 atom stereocenters. The van der Waals surface area contributed by atoms with Crippen molar-refractivity contribution in [1.82, 2.24) is 4.90 Å². The molecule has 1 aliphatic rings. The zero-order chi connectivity index (χ0) is 22.5. The fourth-order valence-electron chi connectivity index (χ4n) is 3.54. The second kappa shape index (κ2) is 9.95. The number of amides is 2. The minimum absolute atomic E-state index is 0.0812. The highest BCUT2D eigenvalue weighted by Gasteiger charge is 2.23. The molecule has 3 aromatic rings. The van der Waals surface area contributed by atoms with E-state index in [1.54, 1.807) is 41.7 Å². The van der Waals surface area contributed by atoms with Crippen molar-refractivity contribution in [3.8, 4) is 10.4 Å². The van der Waals surface area contributed by atoms with Crippen LogP contribution in [0.4, 0.5) is 17.1 Å². The van der Waals surface area contributed by atoms with Gasteiger partial charge in [-0.15, -0.1) is 11.3 Å². The molecule has 166 valence electrons. The molecule has 4 rings (SSSR count). The van der Waals surface area contributed by atoms with Gasteiger partial charge in [-0.2, -0.15) is 0 Å². The molecule has 1 fully saturated rings. The summed E-state index contributed by atoms with van der Waals surface area (Å²) < 4.78 is 5.34. The van der Waals surface area contributed by atoms with Gasteiger partial charge in [-0.05, 0) is 60.3 Å². The average Bonchev–Trinajstić information content (AvgIpc) is 3.36. The smallest absolute Gasteiger partial charge is 0.255 e. The van der Waals surface area contributed by atoms with E-state index >= 15 is 0 Å². The fraction of sp³-hybridized carbons (Fsp3) is 0.250. The van der Waals surface area contributed by atoms with Crippen molar-refractivity contribution in [2.24, 2.45) is 0 Å². The predicted molar refractivity (Wildman–Crippen MR) is 129 cm³/mol. The van der Waals surface area contributed by atoms with E-state index in [0.717, 1.165) is 23.5 Å². The first-order valence-corrected chi connectivity index (χ1v) is 11.4. The molecule has 1 aromatic heterocycles. The maximum atomic E-state index is 12.7. The Hall–Kier alpha value is -3.20. The number of nitrogens with one attached hydrogen (secondary N) is 2. The lowest BCUT2D eigenvalue weighted by Crippen LogP contribution is -2.47. The number of morpholine rings is 1. The van der Waals surface area contributed by atoms with E-state index in [9.17, 15) is 9.59 Å². The summed E-state index contributed by atoms with van der Waals surface area (Å²) in [7, 11) is 0. The Morgan fingerprint density at radius 2 is 1.81 bits per heavy atom. The van der Waals surface area contributed by atoms with Crippen LogP contribution in [0.25, 0.3) is 10.4 Å². The quantitative estimate of drug-likeness (QED) is 0.495. The zero-order valence-electron chi connectivity index (χ0n) is 17.8. The molecular formula is C24H26N4O3S. The molecule has 0 aliphatic carbocycles. The topological polar surface area (TPSA) is 96.7 Å². The van der Waals surface area contributed by atoms with Crippen LogP contribution in [0, 0.1) is 0 Å². The lowest BCUT2D eigenvalue weighted by atomic mass is 10.1. The summed E-state index contributed by atoms with van der Waals surface area (Å²) in [5.41, 5.74) is 9.25. The summed E-state index contributed by atoms with van der Waals surface area (Å²) in [4.78, 5) is 28.5. The standard InChI is InChI=1S/C24H26N4O3S/c1-16(28-10-12-31-13-11-28)23(29)26-19-7-4-17(5-8-19)24(30)27-21-15-18(6-9-20(21)25)22-3-2-14-32-22/h2-9,14-16H,10-13,25H2,1H3,(H,26,29)(H,27,30). The minimum atomic E-state index is -0.264. The Kier molecular flexibility index (Phi) is 6.84. The van der Waals surface area contributed by atoms with Gasteiger partial charge in [0.15, 0.2) is 0 Å². The molecule has 0 radical (unpaired) electrons. The van der Waals surface area contributed by atoms with Gasteiger partial charge < -0.3 is 21.1 Å². The molecule has 4 N–H and O–H groups in total. The second-order valence-corrected chi connectivity index (χ2v) is 8.57. The van der Waals surface area contributed by atoms with Crippen LogP contribution >= 0.6 is 11.3 Å². The van der Waals surface area contributed by atoms with Crippen LogP contribution in [-0.4, -0.2) is 49.1 Å². The molecule has 1 saturated heterocycles. The number of nitrogens with two attached hydrogens (primary N) is 1. The molecule has 1 aliphatic heterocycles. The molecule has 0 bridgehead atoms. The highest BCUT2D eigenvalue weighted by molar-refractivity contribution is 7.13. The first kappa shape index (κ1) is 22.0. The molecule has 32 heavy (non-hydrogen) atoms. The van der Waals surface area contributed by atoms with Crippen molar-refractivity contribution in [1.29, 1.82) is 0 Å². The number of anilines is 3. The maximum Gasteiger partial charge on any atom is 0.255 e. The fourth-order valence-corrected chi connectivity index (χ4v) is 4.26. The SMILES string of the molecule is CC(C(=O)Nc1ccc(C(=O)Nc2cc(-c3cccs3)ccc2N)cc1)N1CCOCC1. The van der Waals surface area contributed by atoms with E-state index in [2.05, 4.69) is 15.5 Å². The second-order valence-electron chi connectivity index (χ2n) is 7.62. The van der Waals surface area contributed by atoms with E-state index in [0.29, 0.717) is 35.8 Å². The largest absolute Gasteiger partial charge is 0.397 e. The average molecular weight is 451 g/mol.